The minimum absolute atomic E-state index is 0.111. The molecule has 6 rings (SSSR count). The van der Waals surface area contributed by atoms with Crippen LogP contribution in [0, 0.1) is 17.3 Å². The molecule has 0 saturated heterocycles. The minimum Gasteiger partial charge on any atom is -0.376 e. The number of carbonyl (C=O) groups is 1. The third-order valence-corrected chi connectivity index (χ3v) is 8.49. The van der Waals surface area contributed by atoms with Gasteiger partial charge in [-0.05, 0) is 47.9 Å². The SMILES string of the molecule is O=C(c1ccccc1)n1c(=O)ccn([C@H]2C[C@H](COCc3ccccc3)[C@]3(COCc4ccccc4)C[C@H]23)c1=O. The summed E-state index contributed by atoms with van der Waals surface area (Å²) < 4.78 is 14.8. The summed E-state index contributed by atoms with van der Waals surface area (Å²) in [5.41, 5.74) is 1.20. The number of hydrogen-bond donors (Lipinski definition) is 0. The van der Waals surface area contributed by atoms with Crippen molar-refractivity contribution in [2.24, 2.45) is 17.3 Å². The molecule has 0 bridgehead atoms. The maximum Gasteiger partial charge on any atom is 0.338 e. The van der Waals surface area contributed by atoms with Crippen LogP contribution in [-0.4, -0.2) is 28.3 Å². The van der Waals surface area contributed by atoms with Crippen molar-refractivity contribution < 1.29 is 14.3 Å². The molecule has 0 spiro atoms. The summed E-state index contributed by atoms with van der Waals surface area (Å²) in [7, 11) is 0. The molecule has 0 amide bonds. The van der Waals surface area contributed by atoms with Crippen LogP contribution in [0.3, 0.4) is 0 Å². The van der Waals surface area contributed by atoms with Crippen molar-refractivity contribution in [1.29, 1.82) is 0 Å². The maximum atomic E-state index is 13.6. The number of aromatic nitrogens is 2. The van der Waals surface area contributed by atoms with Crippen molar-refractivity contribution in [2.45, 2.75) is 32.1 Å². The van der Waals surface area contributed by atoms with Gasteiger partial charge in [-0.1, -0.05) is 78.9 Å². The van der Waals surface area contributed by atoms with Crippen molar-refractivity contribution >= 4 is 5.91 Å². The average Bonchev–Trinajstić information content (AvgIpc) is 3.64. The van der Waals surface area contributed by atoms with E-state index in [2.05, 4.69) is 0 Å². The lowest BCUT2D eigenvalue weighted by atomic mass is 9.91. The molecule has 2 aliphatic carbocycles. The van der Waals surface area contributed by atoms with Gasteiger partial charge >= 0.3 is 5.69 Å². The van der Waals surface area contributed by atoms with E-state index in [0.29, 0.717) is 38.4 Å². The lowest BCUT2D eigenvalue weighted by molar-refractivity contribution is 0.0153. The highest BCUT2D eigenvalue weighted by atomic mass is 16.5. The Balaban J connectivity index is 1.24. The molecule has 3 aromatic carbocycles. The van der Waals surface area contributed by atoms with Crippen LogP contribution in [0.2, 0.25) is 0 Å². The first kappa shape index (κ1) is 26.2. The first-order valence-electron chi connectivity index (χ1n) is 13.7. The molecule has 0 N–H and O–H groups in total. The summed E-state index contributed by atoms with van der Waals surface area (Å²) in [4.78, 5) is 39.4. The zero-order valence-electron chi connectivity index (χ0n) is 22.2. The van der Waals surface area contributed by atoms with E-state index in [-0.39, 0.29) is 23.3 Å². The van der Waals surface area contributed by atoms with Gasteiger partial charge in [-0.15, -0.1) is 0 Å². The van der Waals surface area contributed by atoms with Gasteiger partial charge in [-0.25, -0.2) is 4.79 Å². The number of benzene rings is 3. The van der Waals surface area contributed by atoms with E-state index >= 15 is 0 Å². The second-order valence-electron chi connectivity index (χ2n) is 10.9. The van der Waals surface area contributed by atoms with Crippen molar-refractivity contribution in [1.82, 2.24) is 9.13 Å². The van der Waals surface area contributed by atoms with Crippen LogP contribution < -0.4 is 11.2 Å². The molecule has 1 heterocycles. The van der Waals surface area contributed by atoms with E-state index in [0.717, 1.165) is 22.1 Å². The van der Waals surface area contributed by atoms with E-state index < -0.39 is 17.2 Å². The predicted octanol–water partition coefficient (Wildman–Crippen LogP) is 4.70. The Morgan fingerprint density at radius 1 is 0.800 bits per heavy atom. The summed E-state index contributed by atoms with van der Waals surface area (Å²) >= 11 is 0. The Hall–Kier alpha value is -4.07. The Kier molecular flexibility index (Phi) is 7.32. The van der Waals surface area contributed by atoms with E-state index in [1.165, 1.54) is 6.07 Å². The highest BCUT2D eigenvalue weighted by Crippen LogP contribution is 2.70. The average molecular weight is 537 g/mol. The summed E-state index contributed by atoms with van der Waals surface area (Å²) in [5, 5.41) is 0. The third kappa shape index (κ3) is 5.10. The maximum absolute atomic E-state index is 13.6. The molecule has 1 aromatic heterocycles. The Bertz CT molecular complexity index is 1580. The molecule has 7 nitrogen and oxygen atoms in total. The summed E-state index contributed by atoms with van der Waals surface area (Å²) in [6.07, 6.45) is 3.17. The molecule has 204 valence electrons. The van der Waals surface area contributed by atoms with Gasteiger partial charge in [0.05, 0.1) is 26.4 Å². The molecule has 40 heavy (non-hydrogen) atoms. The number of rotatable bonds is 10. The van der Waals surface area contributed by atoms with E-state index in [4.69, 9.17) is 9.47 Å². The number of carbonyl (C=O) groups excluding carboxylic acids is 1. The van der Waals surface area contributed by atoms with Gasteiger partial charge in [0.25, 0.3) is 11.5 Å². The minimum atomic E-state index is -0.621. The first-order valence-corrected chi connectivity index (χ1v) is 13.7. The second-order valence-corrected chi connectivity index (χ2v) is 10.9. The largest absolute Gasteiger partial charge is 0.376 e. The topological polar surface area (TPSA) is 79.5 Å². The molecule has 0 aliphatic heterocycles. The van der Waals surface area contributed by atoms with Crippen LogP contribution in [0.15, 0.2) is 113 Å². The van der Waals surface area contributed by atoms with Gasteiger partial charge in [0.1, 0.15) is 0 Å². The fraction of sp³-hybridized carbons (Fsp3) is 0.303. The molecule has 2 saturated carbocycles. The number of ether oxygens (including phenoxy) is 2. The highest BCUT2D eigenvalue weighted by Gasteiger charge is 2.67. The zero-order chi connectivity index (χ0) is 27.5. The Morgan fingerprint density at radius 2 is 1.40 bits per heavy atom. The van der Waals surface area contributed by atoms with E-state index in [1.54, 1.807) is 41.1 Å². The smallest absolute Gasteiger partial charge is 0.338 e. The lowest BCUT2D eigenvalue weighted by Gasteiger charge is -2.24. The van der Waals surface area contributed by atoms with Crippen LogP contribution in [0.1, 0.15) is 40.4 Å². The van der Waals surface area contributed by atoms with Crippen molar-refractivity contribution in [3.05, 3.63) is 141 Å². The van der Waals surface area contributed by atoms with Crippen LogP contribution in [0.25, 0.3) is 0 Å². The Morgan fingerprint density at radius 3 is 2.05 bits per heavy atom. The molecular weight excluding hydrogens is 504 g/mol. The number of hydrogen-bond acceptors (Lipinski definition) is 5. The van der Waals surface area contributed by atoms with E-state index in [1.807, 2.05) is 60.7 Å². The predicted molar refractivity (Wildman–Crippen MR) is 151 cm³/mol. The fourth-order valence-electron chi connectivity index (χ4n) is 6.32. The van der Waals surface area contributed by atoms with Crippen LogP contribution in [-0.2, 0) is 22.7 Å². The van der Waals surface area contributed by atoms with Gasteiger partial charge in [0, 0.05) is 29.3 Å². The monoisotopic (exact) mass is 536 g/mol. The molecule has 2 aliphatic rings. The summed E-state index contributed by atoms with van der Waals surface area (Å²) in [6, 6.07) is 29.8. The van der Waals surface area contributed by atoms with Crippen molar-refractivity contribution in [3.63, 3.8) is 0 Å². The van der Waals surface area contributed by atoms with Crippen LogP contribution in [0.5, 0.6) is 0 Å². The molecular formula is C33H32N2O5. The summed E-state index contributed by atoms with van der Waals surface area (Å²) in [6.45, 7) is 2.16. The van der Waals surface area contributed by atoms with Crippen LogP contribution >= 0.6 is 0 Å². The second kappa shape index (κ2) is 11.2. The van der Waals surface area contributed by atoms with Gasteiger partial charge in [0.2, 0.25) is 0 Å². The van der Waals surface area contributed by atoms with Gasteiger partial charge in [0.15, 0.2) is 0 Å². The molecule has 2 fully saturated rings. The van der Waals surface area contributed by atoms with E-state index in [9.17, 15) is 14.4 Å². The molecule has 4 atom stereocenters. The summed E-state index contributed by atoms with van der Waals surface area (Å²) in [5.74, 6) is -0.234. The van der Waals surface area contributed by atoms with Crippen LogP contribution in [0.4, 0.5) is 0 Å². The highest BCUT2D eigenvalue weighted by molar-refractivity contribution is 5.95. The molecule has 7 heteroatoms. The fourth-order valence-corrected chi connectivity index (χ4v) is 6.32. The zero-order valence-corrected chi connectivity index (χ0v) is 22.2. The third-order valence-electron chi connectivity index (χ3n) is 8.49. The lowest BCUT2D eigenvalue weighted by Crippen LogP contribution is -2.44. The van der Waals surface area contributed by atoms with Gasteiger partial charge in [-0.3, -0.25) is 14.2 Å². The Labute approximate surface area is 232 Å². The van der Waals surface area contributed by atoms with Gasteiger partial charge in [-0.2, -0.15) is 4.57 Å². The molecule has 4 aromatic rings. The normalized spacial score (nSPS) is 23.1. The number of nitrogens with zero attached hydrogens (tertiary/aromatic N) is 2. The molecule has 0 radical (unpaired) electrons. The molecule has 0 unspecified atom stereocenters. The van der Waals surface area contributed by atoms with Crippen molar-refractivity contribution in [2.75, 3.05) is 13.2 Å². The number of fused-ring (bicyclic) bond motifs is 1. The quantitative estimate of drug-likeness (QED) is 0.294. The van der Waals surface area contributed by atoms with Gasteiger partial charge < -0.3 is 9.47 Å². The first-order chi connectivity index (χ1) is 19.6. The standard InChI is InChI=1S/C33H32N2O5/c36-30-16-17-34(32(38)35(30)31(37)26-14-8-3-9-15-26)29-18-27(22-39-20-24-10-4-1-5-11-24)33(19-28(29)33)23-40-21-25-12-6-2-7-13-25/h1-17,27-29H,18-23H2/t27-,28-,29+,33-/m1/s1. The van der Waals surface area contributed by atoms with Crippen molar-refractivity contribution in [3.8, 4) is 0 Å².